The number of hydrogen-bond donors (Lipinski definition) is 2. The molecule has 0 aliphatic heterocycles. The number of carbonyl (C=O) groups excluding carboxylic acids is 1. The summed E-state index contributed by atoms with van der Waals surface area (Å²) in [6, 6.07) is 6.06. The summed E-state index contributed by atoms with van der Waals surface area (Å²) in [6.45, 7) is 0.920. The first-order valence-electron chi connectivity index (χ1n) is 6.85. The van der Waals surface area contributed by atoms with Gasteiger partial charge in [-0.2, -0.15) is 0 Å². The van der Waals surface area contributed by atoms with Crippen molar-refractivity contribution in [2.45, 2.75) is 0 Å². The third-order valence-corrected chi connectivity index (χ3v) is 2.80. The lowest BCUT2D eigenvalue weighted by molar-refractivity contribution is -0.384. The van der Waals surface area contributed by atoms with Crippen molar-refractivity contribution in [2.75, 3.05) is 18.4 Å². The maximum atomic E-state index is 11.7. The number of hydrogen-bond acceptors (Lipinski definition) is 6. The van der Waals surface area contributed by atoms with Gasteiger partial charge in [0.05, 0.1) is 11.1 Å². The molecule has 1 aromatic heterocycles. The highest BCUT2D eigenvalue weighted by atomic mass is 16.6. The van der Waals surface area contributed by atoms with Crippen molar-refractivity contribution < 1.29 is 9.72 Å². The van der Waals surface area contributed by atoms with Gasteiger partial charge in [0.15, 0.2) is 0 Å². The van der Waals surface area contributed by atoms with Crippen LogP contribution in [0.1, 0.15) is 5.56 Å². The summed E-state index contributed by atoms with van der Waals surface area (Å²) in [5.41, 5.74) is 0.577. The maximum Gasteiger partial charge on any atom is 0.270 e. The first kappa shape index (κ1) is 16.1. The summed E-state index contributed by atoms with van der Waals surface area (Å²) < 4.78 is 0. The number of amides is 1. The molecule has 1 amide bonds. The standard InChI is InChI=1S/C15H15N5O3/c21-15(19-9-8-18-14-11-16-6-7-17-14)5-4-12-2-1-3-13(10-12)20(22)23/h1-7,10-11H,8-9H2,(H,17,18)(H,19,21)/b5-4-. The minimum absolute atomic E-state index is 0.0132. The van der Waals surface area contributed by atoms with Gasteiger partial charge in [-0.1, -0.05) is 12.1 Å². The molecule has 2 rings (SSSR count). The number of carbonyl (C=O) groups is 1. The molecule has 0 radical (unpaired) electrons. The number of aromatic nitrogens is 2. The van der Waals surface area contributed by atoms with Gasteiger partial charge < -0.3 is 10.6 Å². The monoisotopic (exact) mass is 313 g/mol. The smallest absolute Gasteiger partial charge is 0.270 e. The van der Waals surface area contributed by atoms with E-state index in [2.05, 4.69) is 20.6 Å². The van der Waals surface area contributed by atoms with Crippen LogP contribution in [0.15, 0.2) is 48.9 Å². The molecule has 0 aliphatic carbocycles. The average Bonchev–Trinajstić information content (AvgIpc) is 2.58. The molecule has 0 bridgehead atoms. The van der Waals surface area contributed by atoms with E-state index in [1.165, 1.54) is 24.3 Å². The number of nitro groups is 1. The van der Waals surface area contributed by atoms with E-state index in [1.54, 1.807) is 30.7 Å². The normalized spacial score (nSPS) is 10.4. The molecular formula is C15H15N5O3. The topological polar surface area (TPSA) is 110 Å². The van der Waals surface area contributed by atoms with Crippen LogP contribution in [0.5, 0.6) is 0 Å². The Bertz CT molecular complexity index is 703. The molecule has 0 spiro atoms. The lowest BCUT2D eigenvalue weighted by atomic mass is 10.2. The molecule has 118 valence electrons. The van der Waals surface area contributed by atoms with Crippen LogP contribution in [0.3, 0.4) is 0 Å². The van der Waals surface area contributed by atoms with Crippen LogP contribution in [-0.2, 0) is 4.79 Å². The number of anilines is 1. The Morgan fingerprint density at radius 3 is 2.91 bits per heavy atom. The van der Waals surface area contributed by atoms with Gasteiger partial charge in [0, 0.05) is 43.7 Å². The van der Waals surface area contributed by atoms with Crippen LogP contribution in [0.2, 0.25) is 0 Å². The molecule has 0 saturated heterocycles. The largest absolute Gasteiger partial charge is 0.367 e. The Kier molecular flexibility index (Phi) is 5.75. The fourth-order valence-electron chi connectivity index (χ4n) is 1.74. The van der Waals surface area contributed by atoms with Gasteiger partial charge in [0.1, 0.15) is 5.82 Å². The van der Waals surface area contributed by atoms with Crippen molar-refractivity contribution in [1.82, 2.24) is 15.3 Å². The molecule has 1 aromatic carbocycles. The maximum absolute atomic E-state index is 11.7. The molecule has 23 heavy (non-hydrogen) atoms. The molecule has 0 fully saturated rings. The second-order valence-corrected chi connectivity index (χ2v) is 4.49. The van der Waals surface area contributed by atoms with Gasteiger partial charge in [-0.15, -0.1) is 0 Å². The highest BCUT2D eigenvalue weighted by Gasteiger charge is 2.04. The van der Waals surface area contributed by atoms with Gasteiger partial charge in [0.2, 0.25) is 5.91 Å². The molecule has 2 N–H and O–H groups in total. The number of nitrogens with zero attached hydrogens (tertiary/aromatic N) is 3. The van der Waals surface area contributed by atoms with Gasteiger partial charge in [-0.05, 0) is 11.6 Å². The Morgan fingerprint density at radius 2 is 2.17 bits per heavy atom. The lowest BCUT2D eigenvalue weighted by Crippen LogP contribution is -2.27. The zero-order valence-corrected chi connectivity index (χ0v) is 12.2. The second kappa shape index (κ2) is 8.23. The molecule has 0 aliphatic rings. The Labute approximate surface area is 132 Å². The first-order chi connectivity index (χ1) is 11.1. The summed E-state index contributed by atoms with van der Waals surface area (Å²) in [6.07, 6.45) is 7.60. The SMILES string of the molecule is O=C(/C=C\c1cccc([N+](=O)[O-])c1)NCCNc1cnccn1. The molecule has 0 atom stereocenters. The van der Waals surface area contributed by atoms with Crippen LogP contribution in [0.4, 0.5) is 11.5 Å². The number of nitro benzene ring substituents is 1. The van der Waals surface area contributed by atoms with E-state index < -0.39 is 4.92 Å². The fraction of sp³-hybridized carbons (Fsp3) is 0.133. The number of rotatable bonds is 7. The third kappa shape index (κ3) is 5.54. The number of nitrogens with one attached hydrogen (secondary N) is 2. The van der Waals surface area contributed by atoms with Gasteiger partial charge >= 0.3 is 0 Å². The van der Waals surface area contributed by atoms with E-state index in [0.29, 0.717) is 24.5 Å². The quantitative estimate of drug-likeness (QED) is 0.348. The summed E-state index contributed by atoms with van der Waals surface area (Å²) in [5, 5.41) is 16.4. The van der Waals surface area contributed by atoms with E-state index in [-0.39, 0.29) is 11.6 Å². The van der Waals surface area contributed by atoms with E-state index in [4.69, 9.17) is 0 Å². The van der Waals surface area contributed by atoms with Crippen LogP contribution < -0.4 is 10.6 Å². The van der Waals surface area contributed by atoms with Crippen molar-refractivity contribution in [3.05, 3.63) is 64.6 Å². The van der Waals surface area contributed by atoms with Crippen molar-refractivity contribution in [1.29, 1.82) is 0 Å². The van der Waals surface area contributed by atoms with Crippen LogP contribution >= 0.6 is 0 Å². The predicted octanol–water partition coefficient (Wildman–Crippen LogP) is 1.63. The molecular weight excluding hydrogens is 298 g/mol. The van der Waals surface area contributed by atoms with E-state index >= 15 is 0 Å². The van der Waals surface area contributed by atoms with Gasteiger partial charge in [-0.3, -0.25) is 19.9 Å². The van der Waals surface area contributed by atoms with Gasteiger partial charge in [-0.25, -0.2) is 4.98 Å². The lowest BCUT2D eigenvalue weighted by Gasteiger charge is -2.05. The number of non-ortho nitro benzene ring substituents is 1. The van der Waals surface area contributed by atoms with Crippen molar-refractivity contribution >= 4 is 23.5 Å². The second-order valence-electron chi connectivity index (χ2n) is 4.49. The predicted molar refractivity (Wildman–Crippen MR) is 85.7 cm³/mol. The summed E-state index contributed by atoms with van der Waals surface area (Å²) in [5.74, 6) is 0.353. The van der Waals surface area contributed by atoms with Crippen molar-refractivity contribution in [3.63, 3.8) is 0 Å². The summed E-state index contributed by atoms with van der Waals surface area (Å²) in [7, 11) is 0. The van der Waals surface area contributed by atoms with Crippen LogP contribution in [0, 0.1) is 10.1 Å². The average molecular weight is 313 g/mol. The first-order valence-corrected chi connectivity index (χ1v) is 6.85. The molecule has 0 saturated carbocycles. The molecule has 1 heterocycles. The van der Waals surface area contributed by atoms with E-state index in [1.807, 2.05) is 0 Å². The highest BCUT2D eigenvalue weighted by Crippen LogP contribution is 2.13. The third-order valence-electron chi connectivity index (χ3n) is 2.80. The number of benzene rings is 1. The molecule has 2 aromatic rings. The Balaban J connectivity index is 1.76. The minimum atomic E-state index is -0.477. The molecule has 8 heteroatoms. The zero-order chi connectivity index (χ0) is 16.5. The Hall–Kier alpha value is -3.29. The van der Waals surface area contributed by atoms with Crippen molar-refractivity contribution in [2.24, 2.45) is 0 Å². The van der Waals surface area contributed by atoms with E-state index in [9.17, 15) is 14.9 Å². The Morgan fingerprint density at radius 1 is 1.30 bits per heavy atom. The summed E-state index contributed by atoms with van der Waals surface area (Å²) in [4.78, 5) is 29.8. The highest BCUT2D eigenvalue weighted by molar-refractivity contribution is 5.91. The minimum Gasteiger partial charge on any atom is -0.367 e. The van der Waals surface area contributed by atoms with Gasteiger partial charge in [0.25, 0.3) is 5.69 Å². The van der Waals surface area contributed by atoms with E-state index in [0.717, 1.165) is 0 Å². The summed E-state index contributed by atoms with van der Waals surface area (Å²) >= 11 is 0. The van der Waals surface area contributed by atoms with Crippen molar-refractivity contribution in [3.8, 4) is 0 Å². The van der Waals surface area contributed by atoms with Crippen LogP contribution in [0.25, 0.3) is 6.08 Å². The molecule has 0 unspecified atom stereocenters. The zero-order valence-electron chi connectivity index (χ0n) is 12.2. The molecule has 8 nitrogen and oxygen atoms in total. The fourth-order valence-corrected chi connectivity index (χ4v) is 1.74. The van der Waals surface area contributed by atoms with Crippen LogP contribution in [-0.4, -0.2) is 33.9 Å².